The zero-order valence-electron chi connectivity index (χ0n) is 8.21. The van der Waals surface area contributed by atoms with Crippen molar-refractivity contribution in [1.29, 1.82) is 0 Å². The molecule has 3 N–H and O–H groups in total. The maximum atomic E-state index is 11.5. The number of nitrogens with two attached hydrogens (primary N) is 1. The summed E-state index contributed by atoms with van der Waals surface area (Å²) in [5.74, 6) is -0.206. The second kappa shape index (κ2) is 5.09. The fourth-order valence-corrected chi connectivity index (χ4v) is 1.25. The van der Waals surface area contributed by atoms with Crippen molar-refractivity contribution in [3.63, 3.8) is 0 Å². The largest absolute Gasteiger partial charge is 0.392 e. The third-order valence-corrected chi connectivity index (χ3v) is 2.41. The Kier molecular flexibility index (Phi) is 4.05. The molecule has 0 aliphatic rings. The molecule has 1 rings (SSSR count). The van der Waals surface area contributed by atoms with E-state index in [1.807, 2.05) is 6.92 Å². The molecule has 0 aromatic heterocycles. The van der Waals surface area contributed by atoms with Gasteiger partial charge in [-0.05, 0) is 30.7 Å². The minimum atomic E-state index is -0.206. The number of rotatable bonds is 3. The molecule has 0 fully saturated rings. The minimum absolute atomic E-state index is 0.204. The Balaban J connectivity index is 2.74. The molecule has 0 saturated carbocycles. The van der Waals surface area contributed by atoms with Crippen molar-refractivity contribution in [3.8, 4) is 0 Å². The number of halogens is 1. The van der Waals surface area contributed by atoms with Crippen LogP contribution >= 0.6 is 23.8 Å². The molecule has 1 aromatic rings. The summed E-state index contributed by atoms with van der Waals surface area (Å²) in [6.07, 6.45) is 0. The van der Waals surface area contributed by atoms with Crippen LogP contribution in [0.4, 0.5) is 0 Å². The average molecular weight is 243 g/mol. The normalized spacial score (nSPS) is 9.73. The summed E-state index contributed by atoms with van der Waals surface area (Å²) in [6.45, 7) is 2.04. The van der Waals surface area contributed by atoms with E-state index in [4.69, 9.17) is 17.3 Å². The molecule has 0 radical (unpaired) electrons. The van der Waals surface area contributed by atoms with E-state index in [1.165, 1.54) is 0 Å². The molecule has 0 spiro atoms. The van der Waals surface area contributed by atoms with Crippen LogP contribution in [0.3, 0.4) is 0 Å². The molecule has 80 valence electrons. The highest BCUT2D eigenvalue weighted by Gasteiger charge is 2.06. The van der Waals surface area contributed by atoms with Gasteiger partial charge in [-0.15, -0.1) is 0 Å². The number of thiocarbonyl (C=S) groups is 1. The van der Waals surface area contributed by atoms with Crippen LogP contribution in [0.15, 0.2) is 18.2 Å². The summed E-state index contributed by atoms with van der Waals surface area (Å²) in [6, 6.07) is 5.06. The predicted molar refractivity (Wildman–Crippen MR) is 65.3 cm³/mol. The number of amides is 1. The van der Waals surface area contributed by atoms with Gasteiger partial charge in [0.15, 0.2) is 0 Å². The number of hydrogen-bond acceptors (Lipinski definition) is 2. The summed E-state index contributed by atoms with van der Waals surface area (Å²) < 4.78 is 0. The Morgan fingerprint density at radius 1 is 1.60 bits per heavy atom. The second-order valence-corrected chi connectivity index (χ2v) is 4.04. The van der Waals surface area contributed by atoms with Gasteiger partial charge in [-0.3, -0.25) is 4.79 Å². The molecule has 0 atom stereocenters. The summed E-state index contributed by atoms with van der Waals surface area (Å²) in [5.41, 5.74) is 6.68. The lowest BCUT2D eigenvalue weighted by Crippen LogP contribution is -2.32. The molecule has 3 nitrogen and oxygen atoms in total. The topological polar surface area (TPSA) is 55.1 Å². The smallest absolute Gasteiger partial charge is 0.251 e. The Hall–Kier alpha value is -1.13. The predicted octanol–water partition coefficient (Wildman–Crippen LogP) is 1.66. The van der Waals surface area contributed by atoms with Crippen molar-refractivity contribution in [2.45, 2.75) is 6.92 Å². The molecule has 15 heavy (non-hydrogen) atoms. The van der Waals surface area contributed by atoms with E-state index < -0.39 is 0 Å². The third-order valence-electron chi connectivity index (χ3n) is 1.84. The fourth-order valence-electron chi connectivity index (χ4n) is 1.06. The van der Waals surface area contributed by atoms with Gasteiger partial charge in [-0.1, -0.05) is 23.8 Å². The van der Waals surface area contributed by atoms with Crippen LogP contribution in [0.25, 0.3) is 0 Å². The molecule has 0 aliphatic carbocycles. The van der Waals surface area contributed by atoms with Gasteiger partial charge in [0.1, 0.15) is 0 Å². The van der Waals surface area contributed by atoms with Crippen LogP contribution in [0.5, 0.6) is 0 Å². The highest BCUT2D eigenvalue weighted by molar-refractivity contribution is 7.80. The number of carbonyl (C=O) groups is 1. The van der Waals surface area contributed by atoms with Crippen LogP contribution in [-0.2, 0) is 0 Å². The van der Waals surface area contributed by atoms with Crippen LogP contribution in [0.1, 0.15) is 15.9 Å². The molecular formula is C10H11ClN2OS. The molecule has 0 aliphatic heterocycles. The van der Waals surface area contributed by atoms with E-state index >= 15 is 0 Å². The monoisotopic (exact) mass is 242 g/mol. The second-order valence-electron chi connectivity index (χ2n) is 3.11. The van der Waals surface area contributed by atoms with Gasteiger partial charge in [0, 0.05) is 10.6 Å². The number of benzene rings is 1. The molecule has 0 bridgehead atoms. The van der Waals surface area contributed by atoms with E-state index in [0.29, 0.717) is 10.6 Å². The molecule has 1 amide bonds. The number of aryl methyl sites for hydroxylation is 1. The first-order chi connectivity index (χ1) is 7.00. The van der Waals surface area contributed by atoms with Crippen LogP contribution in [0.2, 0.25) is 5.02 Å². The van der Waals surface area contributed by atoms with Crippen molar-refractivity contribution in [3.05, 3.63) is 34.3 Å². The highest BCUT2D eigenvalue weighted by atomic mass is 35.5. The van der Waals surface area contributed by atoms with E-state index in [0.717, 1.165) is 5.56 Å². The van der Waals surface area contributed by atoms with Gasteiger partial charge in [-0.25, -0.2) is 0 Å². The summed E-state index contributed by atoms with van der Waals surface area (Å²) in [5, 5.41) is 3.24. The SMILES string of the molecule is Cc1cc(C(=O)NCC(N)=S)ccc1Cl. The zero-order chi connectivity index (χ0) is 11.4. The fraction of sp³-hybridized carbons (Fsp3) is 0.200. The average Bonchev–Trinajstić information content (AvgIpc) is 2.18. The molecule has 0 heterocycles. The molecule has 5 heteroatoms. The van der Waals surface area contributed by atoms with Crippen molar-refractivity contribution in [2.24, 2.45) is 5.73 Å². The lowest BCUT2D eigenvalue weighted by Gasteiger charge is -2.05. The quantitative estimate of drug-likeness (QED) is 0.793. The van der Waals surface area contributed by atoms with Crippen molar-refractivity contribution < 1.29 is 4.79 Å². The van der Waals surface area contributed by atoms with Crippen LogP contribution in [-0.4, -0.2) is 17.4 Å². The molecule has 0 unspecified atom stereocenters. The van der Waals surface area contributed by atoms with E-state index in [9.17, 15) is 4.79 Å². The number of nitrogens with one attached hydrogen (secondary N) is 1. The maximum Gasteiger partial charge on any atom is 0.251 e. The van der Waals surface area contributed by atoms with Gasteiger partial charge >= 0.3 is 0 Å². The Bertz CT molecular complexity index is 406. The van der Waals surface area contributed by atoms with Crippen molar-refractivity contribution >= 4 is 34.7 Å². The first-order valence-corrected chi connectivity index (χ1v) is 5.12. The Morgan fingerprint density at radius 3 is 2.80 bits per heavy atom. The molecule has 1 aromatic carbocycles. The summed E-state index contributed by atoms with van der Waals surface area (Å²) in [7, 11) is 0. The lowest BCUT2D eigenvalue weighted by molar-refractivity contribution is 0.0959. The number of carbonyl (C=O) groups excluding carboxylic acids is 1. The molecular weight excluding hydrogens is 232 g/mol. The van der Waals surface area contributed by atoms with Gasteiger partial charge in [0.25, 0.3) is 5.91 Å². The van der Waals surface area contributed by atoms with E-state index in [1.54, 1.807) is 18.2 Å². The van der Waals surface area contributed by atoms with Gasteiger partial charge in [-0.2, -0.15) is 0 Å². The minimum Gasteiger partial charge on any atom is -0.392 e. The Labute approximate surface area is 98.6 Å². The van der Waals surface area contributed by atoms with Crippen molar-refractivity contribution in [2.75, 3.05) is 6.54 Å². The molecule has 0 saturated heterocycles. The van der Waals surface area contributed by atoms with E-state index in [2.05, 4.69) is 17.5 Å². The Morgan fingerprint density at radius 2 is 2.27 bits per heavy atom. The highest BCUT2D eigenvalue weighted by Crippen LogP contribution is 2.15. The van der Waals surface area contributed by atoms with Crippen LogP contribution < -0.4 is 11.1 Å². The maximum absolute atomic E-state index is 11.5. The third kappa shape index (κ3) is 3.49. The first kappa shape index (κ1) is 11.9. The van der Waals surface area contributed by atoms with E-state index in [-0.39, 0.29) is 17.4 Å². The summed E-state index contributed by atoms with van der Waals surface area (Å²) >= 11 is 10.5. The van der Waals surface area contributed by atoms with Crippen LogP contribution in [0, 0.1) is 6.92 Å². The zero-order valence-corrected chi connectivity index (χ0v) is 9.78. The standard InChI is InChI=1S/C10H11ClN2OS/c1-6-4-7(2-3-8(6)11)10(14)13-5-9(12)15/h2-4H,5H2,1H3,(H2,12,15)(H,13,14). The van der Waals surface area contributed by atoms with Gasteiger partial charge in [0.2, 0.25) is 0 Å². The lowest BCUT2D eigenvalue weighted by atomic mass is 10.1. The summed E-state index contributed by atoms with van der Waals surface area (Å²) in [4.78, 5) is 11.8. The van der Waals surface area contributed by atoms with Gasteiger partial charge < -0.3 is 11.1 Å². The van der Waals surface area contributed by atoms with Gasteiger partial charge in [0.05, 0.1) is 11.5 Å². The first-order valence-electron chi connectivity index (χ1n) is 4.33. The number of hydrogen-bond donors (Lipinski definition) is 2. The van der Waals surface area contributed by atoms with Crippen molar-refractivity contribution in [1.82, 2.24) is 5.32 Å².